The van der Waals surface area contributed by atoms with Crippen molar-refractivity contribution in [1.29, 1.82) is 0 Å². The predicted molar refractivity (Wildman–Crippen MR) is 73.5 cm³/mol. The van der Waals surface area contributed by atoms with Crippen molar-refractivity contribution < 1.29 is 14.7 Å². The molecule has 1 aromatic rings. The van der Waals surface area contributed by atoms with Crippen LogP contribution in [0.15, 0.2) is 0 Å². The van der Waals surface area contributed by atoms with Gasteiger partial charge in [0.25, 0.3) is 0 Å². The van der Waals surface area contributed by atoms with E-state index in [0.29, 0.717) is 17.3 Å². The molecule has 5 heteroatoms. The summed E-state index contributed by atoms with van der Waals surface area (Å²) >= 11 is 1.32. The van der Waals surface area contributed by atoms with Crippen LogP contribution in [0.2, 0.25) is 0 Å². The third-order valence-electron chi connectivity index (χ3n) is 2.80. The van der Waals surface area contributed by atoms with Crippen LogP contribution in [-0.2, 0) is 4.79 Å². The zero-order valence-corrected chi connectivity index (χ0v) is 12.0. The maximum Gasteiger partial charge on any atom is 0.338 e. The van der Waals surface area contributed by atoms with Crippen molar-refractivity contribution in [3.8, 4) is 0 Å². The van der Waals surface area contributed by atoms with Gasteiger partial charge in [-0.25, -0.2) is 4.79 Å². The number of aryl methyl sites for hydroxylation is 1. The third-order valence-corrected chi connectivity index (χ3v) is 3.92. The van der Waals surface area contributed by atoms with E-state index >= 15 is 0 Å². The molecule has 1 amide bonds. The summed E-state index contributed by atoms with van der Waals surface area (Å²) in [7, 11) is 0. The summed E-state index contributed by atoms with van der Waals surface area (Å²) in [5.74, 6) is -0.648. The van der Waals surface area contributed by atoms with Gasteiger partial charge in [-0.05, 0) is 31.7 Å². The quantitative estimate of drug-likeness (QED) is 0.860. The van der Waals surface area contributed by atoms with Gasteiger partial charge >= 0.3 is 5.97 Å². The minimum atomic E-state index is -0.990. The van der Waals surface area contributed by atoms with E-state index in [-0.39, 0.29) is 11.5 Å². The molecule has 0 spiro atoms. The van der Waals surface area contributed by atoms with Gasteiger partial charge in [0.2, 0.25) is 5.91 Å². The zero-order valence-electron chi connectivity index (χ0n) is 11.2. The molecule has 100 valence electrons. The largest absolute Gasteiger partial charge is 0.478 e. The van der Waals surface area contributed by atoms with Crippen molar-refractivity contribution in [2.45, 2.75) is 40.5 Å². The molecule has 0 saturated carbocycles. The van der Waals surface area contributed by atoms with Gasteiger partial charge in [0, 0.05) is 11.3 Å². The summed E-state index contributed by atoms with van der Waals surface area (Å²) in [5.41, 5.74) is 0.946. The van der Waals surface area contributed by atoms with E-state index in [1.165, 1.54) is 11.3 Å². The van der Waals surface area contributed by atoms with Crippen molar-refractivity contribution in [2.24, 2.45) is 5.92 Å². The molecular formula is C13H19NO3S. The number of carbonyl (C=O) groups excluding carboxylic acids is 1. The van der Waals surface area contributed by atoms with Gasteiger partial charge in [0.05, 0.1) is 5.56 Å². The maximum atomic E-state index is 11.7. The van der Waals surface area contributed by atoms with Crippen LogP contribution >= 0.6 is 11.3 Å². The second-order valence-electron chi connectivity index (χ2n) is 4.77. The van der Waals surface area contributed by atoms with Gasteiger partial charge < -0.3 is 10.4 Å². The first-order chi connectivity index (χ1) is 8.32. The Hall–Kier alpha value is -1.36. The van der Waals surface area contributed by atoms with Crippen molar-refractivity contribution in [1.82, 2.24) is 0 Å². The maximum absolute atomic E-state index is 11.7. The monoisotopic (exact) mass is 269 g/mol. The van der Waals surface area contributed by atoms with Crippen LogP contribution in [0.25, 0.3) is 0 Å². The average Bonchev–Trinajstić information content (AvgIpc) is 2.51. The standard InChI is InChI=1S/C13H19NO3S/c1-7(2)5-6-10(15)14-12-11(13(16)17)8(3)9(4)18-12/h7H,5-6H2,1-4H3,(H,14,15)(H,16,17). The Morgan fingerprint density at radius 2 is 1.94 bits per heavy atom. The molecule has 0 aliphatic carbocycles. The highest BCUT2D eigenvalue weighted by molar-refractivity contribution is 7.16. The van der Waals surface area contributed by atoms with E-state index in [4.69, 9.17) is 5.11 Å². The molecule has 1 rings (SSSR count). The molecular weight excluding hydrogens is 250 g/mol. The van der Waals surface area contributed by atoms with Crippen LogP contribution in [-0.4, -0.2) is 17.0 Å². The van der Waals surface area contributed by atoms with Crippen molar-refractivity contribution in [3.05, 3.63) is 16.0 Å². The SMILES string of the molecule is Cc1sc(NC(=O)CCC(C)C)c(C(=O)O)c1C. The number of amides is 1. The second-order valence-corrected chi connectivity index (χ2v) is 6.00. The second kappa shape index (κ2) is 6.00. The van der Waals surface area contributed by atoms with Crippen molar-refractivity contribution >= 4 is 28.2 Å². The first kappa shape index (κ1) is 14.7. The van der Waals surface area contributed by atoms with E-state index in [1.54, 1.807) is 6.92 Å². The van der Waals surface area contributed by atoms with E-state index in [2.05, 4.69) is 19.2 Å². The lowest BCUT2D eigenvalue weighted by molar-refractivity contribution is -0.116. The minimum absolute atomic E-state index is 0.118. The first-order valence-corrected chi connectivity index (χ1v) is 6.77. The van der Waals surface area contributed by atoms with E-state index in [0.717, 1.165) is 16.9 Å². The molecule has 0 aliphatic rings. The number of aromatic carboxylic acids is 1. The van der Waals surface area contributed by atoms with Gasteiger partial charge in [-0.2, -0.15) is 0 Å². The number of carbonyl (C=O) groups is 2. The fourth-order valence-corrected chi connectivity index (χ4v) is 2.65. The first-order valence-electron chi connectivity index (χ1n) is 5.96. The van der Waals surface area contributed by atoms with Gasteiger partial charge in [-0.15, -0.1) is 11.3 Å². The van der Waals surface area contributed by atoms with Gasteiger partial charge in [0.1, 0.15) is 5.00 Å². The lowest BCUT2D eigenvalue weighted by Gasteiger charge is -2.06. The summed E-state index contributed by atoms with van der Waals surface area (Å²) in [6.07, 6.45) is 1.23. The van der Waals surface area contributed by atoms with E-state index in [1.807, 2.05) is 6.92 Å². The van der Waals surface area contributed by atoms with Crippen molar-refractivity contribution in [3.63, 3.8) is 0 Å². The summed E-state index contributed by atoms with van der Waals surface area (Å²) in [6, 6.07) is 0. The molecule has 0 atom stereocenters. The number of carboxylic acids is 1. The molecule has 0 aromatic carbocycles. The van der Waals surface area contributed by atoms with E-state index in [9.17, 15) is 9.59 Å². The number of carboxylic acid groups (broad SMARTS) is 1. The fourth-order valence-electron chi connectivity index (χ4n) is 1.58. The molecule has 0 bridgehead atoms. The highest BCUT2D eigenvalue weighted by Crippen LogP contribution is 2.32. The van der Waals surface area contributed by atoms with Gasteiger partial charge in [0.15, 0.2) is 0 Å². The van der Waals surface area contributed by atoms with Gasteiger partial charge in [-0.3, -0.25) is 4.79 Å². The Bertz CT molecular complexity index is 463. The zero-order chi connectivity index (χ0) is 13.9. The smallest absolute Gasteiger partial charge is 0.338 e. The molecule has 2 N–H and O–H groups in total. The van der Waals surface area contributed by atoms with Gasteiger partial charge in [-0.1, -0.05) is 13.8 Å². The van der Waals surface area contributed by atoms with Crippen LogP contribution in [0, 0.1) is 19.8 Å². The molecule has 0 fully saturated rings. The lowest BCUT2D eigenvalue weighted by atomic mass is 10.1. The van der Waals surface area contributed by atoms with Crippen LogP contribution in [0.3, 0.4) is 0 Å². The molecule has 18 heavy (non-hydrogen) atoms. The number of anilines is 1. The number of hydrogen-bond acceptors (Lipinski definition) is 3. The molecule has 4 nitrogen and oxygen atoms in total. The molecule has 1 heterocycles. The summed E-state index contributed by atoms with van der Waals surface area (Å²) < 4.78 is 0. The number of thiophene rings is 1. The Morgan fingerprint density at radius 3 is 2.44 bits per heavy atom. The van der Waals surface area contributed by atoms with E-state index < -0.39 is 5.97 Å². The fraction of sp³-hybridized carbons (Fsp3) is 0.538. The number of rotatable bonds is 5. The molecule has 1 aromatic heterocycles. The Kier molecular flexibility index (Phi) is 4.90. The lowest BCUT2D eigenvalue weighted by Crippen LogP contribution is -2.13. The average molecular weight is 269 g/mol. The molecule has 0 saturated heterocycles. The minimum Gasteiger partial charge on any atom is -0.478 e. The topological polar surface area (TPSA) is 66.4 Å². The molecule has 0 aliphatic heterocycles. The van der Waals surface area contributed by atoms with Crippen LogP contribution in [0.5, 0.6) is 0 Å². The molecule has 0 radical (unpaired) electrons. The molecule has 0 unspecified atom stereocenters. The summed E-state index contributed by atoms with van der Waals surface area (Å²) in [5, 5.41) is 12.3. The number of hydrogen-bond donors (Lipinski definition) is 2. The Morgan fingerprint density at radius 1 is 1.33 bits per heavy atom. The third kappa shape index (κ3) is 3.57. The highest BCUT2D eigenvalue weighted by Gasteiger charge is 2.20. The summed E-state index contributed by atoms with van der Waals surface area (Å²) in [4.78, 5) is 23.8. The Labute approximate surface area is 111 Å². The van der Waals surface area contributed by atoms with Crippen LogP contribution in [0.1, 0.15) is 47.5 Å². The number of nitrogens with one attached hydrogen (secondary N) is 1. The highest BCUT2D eigenvalue weighted by atomic mass is 32.1. The van der Waals surface area contributed by atoms with Crippen molar-refractivity contribution in [2.75, 3.05) is 5.32 Å². The van der Waals surface area contributed by atoms with Crippen LogP contribution in [0.4, 0.5) is 5.00 Å². The normalized spacial score (nSPS) is 10.7. The van der Waals surface area contributed by atoms with Crippen LogP contribution < -0.4 is 5.32 Å². The predicted octanol–water partition coefficient (Wildman–Crippen LogP) is 3.44. The Balaban J connectivity index is 2.81. The summed E-state index contributed by atoms with van der Waals surface area (Å²) in [6.45, 7) is 7.72.